The molecule has 3 aromatic heterocycles. The van der Waals surface area contributed by atoms with Crippen LogP contribution in [0.25, 0.3) is 10.9 Å². The van der Waals surface area contributed by atoms with Crippen molar-refractivity contribution in [2.75, 3.05) is 42.3 Å². The van der Waals surface area contributed by atoms with Crippen LogP contribution in [0.4, 0.5) is 33.3 Å². The molecule has 0 bridgehead atoms. The van der Waals surface area contributed by atoms with Gasteiger partial charge >= 0.3 is 0 Å². The summed E-state index contributed by atoms with van der Waals surface area (Å²) in [4.78, 5) is 30.4. The monoisotopic (exact) mass is 520 g/mol. The van der Waals surface area contributed by atoms with E-state index in [2.05, 4.69) is 40.8 Å². The highest BCUT2D eigenvalue weighted by molar-refractivity contribution is 5.82. The number of H-pyrrole nitrogens is 1. The van der Waals surface area contributed by atoms with Crippen molar-refractivity contribution in [2.45, 2.75) is 25.5 Å². The van der Waals surface area contributed by atoms with Gasteiger partial charge in [0.05, 0.1) is 36.2 Å². The minimum atomic E-state index is -0.877. The van der Waals surface area contributed by atoms with Crippen LogP contribution in [0, 0.1) is 5.82 Å². The Hall–Kier alpha value is -4.29. The molecule has 38 heavy (non-hydrogen) atoms. The summed E-state index contributed by atoms with van der Waals surface area (Å²) >= 11 is 0. The van der Waals surface area contributed by atoms with Crippen LogP contribution in [0.3, 0.4) is 0 Å². The van der Waals surface area contributed by atoms with Gasteiger partial charge in [-0.15, -0.1) is 0 Å². The molecule has 0 aliphatic carbocycles. The van der Waals surface area contributed by atoms with Crippen molar-refractivity contribution in [3.63, 3.8) is 0 Å². The van der Waals surface area contributed by atoms with Crippen molar-refractivity contribution in [3.05, 3.63) is 65.0 Å². The van der Waals surface area contributed by atoms with Crippen LogP contribution < -0.4 is 31.1 Å². The smallest absolute Gasteiger partial charge is 0.272 e. The summed E-state index contributed by atoms with van der Waals surface area (Å²) in [6, 6.07) is 9.45. The predicted octanol–water partition coefficient (Wildman–Crippen LogP) is 2.90. The Morgan fingerprint density at radius 3 is 2.84 bits per heavy atom. The number of fused-ring (bicyclic) bond motifs is 1. The van der Waals surface area contributed by atoms with Crippen LogP contribution in [0.5, 0.6) is 5.75 Å². The summed E-state index contributed by atoms with van der Waals surface area (Å²) in [5.41, 5.74) is -0.372. The molecule has 1 saturated heterocycles. The van der Waals surface area contributed by atoms with E-state index in [0.29, 0.717) is 41.5 Å². The van der Waals surface area contributed by atoms with Crippen molar-refractivity contribution in [3.8, 4) is 5.75 Å². The molecular formula is C26H29FN8O3. The number of hydrogen-bond acceptors (Lipinski definition) is 10. The number of ether oxygens (including phenoxy) is 1. The molecule has 198 valence electrons. The van der Waals surface area contributed by atoms with Crippen molar-refractivity contribution in [1.82, 2.24) is 25.3 Å². The van der Waals surface area contributed by atoms with Crippen molar-refractivity contribution in [2.24, 2.45) is 0 Å². The highest BCUT2D eigenvalue weighted by Crippen LogP contribution is 2.31. The fourth-order valence-electron chi connectivity index (χ4n) is 4.35. The lowest BCUT2D eigenvalue weighted by Gasteiger charge is -2.40. The highest BCUT2D eigenvalue weighted by atomic mass is 19.1. The van der Waals surface area contributed by atoms with Gasteiger partial charge in [0, 0.05) is 37.3 Å². The number of benzene rings is 1. The fourth-order valence-corrected chi connectivity index (χ4v) is 4.35. The molecule has 12 heteroatoms. The summed E-state index contributed by atoms with van der Waals surface area (Å²) in [5.74, 6) is 1.40. The predicted molar refractivity (Wildman–Crippen MR) is 144 cm³/mol. The molecule has 1 aliphatic heterocycles. The Morgan fingerprint density at radius 2 is 2.05 bits per heavy atom. The zero-order valence-corrected chi connectivity index (χ0v) is 21.2. The number of piperazine rings is 1. The molecule has 1 fully saturated rings. The topological polar surface area (TPSA) is 140 Å². The fraction of sp³-hybridized carbons (Fsp3) is 0.308. The van der Waals surface area contributed by atoms with Gasteiger partial charge in [0.2, 0.25) is 5.95 Å². The molecule has 4 heterocycles. The molecule has 1 unspecified atom stereocenters. The molecule has 0 radical (unpaired) electrons. The standard InChI is InChI=1S/C26H29FN8O3/c1-26(2,37)20-14-35(10-9-28-20)23-19(38-3)12-16(13-30-23)31-25-29-8-7-21(33-25)32-18-11-15-5-4-6-17(27)22(15)34-24(18)36/h4-8,11-13,20,28,37H,9-10,14H2,1-3H3,(H,34,36)(H2,29,31,32,33). The second kappa shape index (κ2) is 10.2. The van der Waals surface area contributed by atoms with E-state index in [1.165, 1.54) is 6.07 Å². The Labute approximate surface area is 218 Å². The second-order valence-electron chi connectivity index (χ2n) is 9.59. The lowest BCUT2D eigenvalue weighted by Crippen LogP contribution is -2.59. The maximum atomic E-state index is 14.0. The van der Waals surface area contributed by atoms with E-state index in [-0.39, 0.29) is 23.2 Å². The van der Waals surface area contributed by atoms with Gasteiger partial charge in [0.25, 0.3) is 5.56 Å². The van der Waals surface area contributed by atoms with Crippen molar-refractivity contribution >= 4 is 39.9 Å². The van der Waals surface area contributed by atoms with Gasteiger partial charge in [-0.25, -0.2) is 14.4 Å². The molecular weight excluding hydrogens is 491 g/mol. The first kappa shape index (κ1) is 25.4. The second-order valence-corrected chi connectivity index (χ2v) is 9.59. The Balaban J connectivity index is 1.34. The molecule has 0 spiro atoms. The third kappa shape index (κ3) is 5.36. The molecule has 1 atom stereocenters. The van der Waals surface area contributed by atoms with Gasteiger partial charge in [0.15, 0.2) is 11.6 Å². The molecule has 1 aromatic carbocycles. The van der Waals surface area contributed by atoms with Gasteiger partial charge in [-0.1, -0.05) is 12.1 Å². The van der Waals surface area contributed by atoms with Crippen molar-refractivity contribution in [1.29, 1.82) is 0 Å². The third-order valence-electron chi connectivity index (χ3n) is 6.38. The van der Waals surface area contributed by atoms with Crippen LogP contribution >= 0.6 is 0 Å². The Kier molecular flexibility index (Phi) is 6.83. The van der Waals surface area contributed by atoms with Gasteiger partial charge in [-0.05, 0) is 32.0 Å². The zero-order valence-electron chi connectivity index (χ0n) is 21.2. The average molecular weight is 521 g/mol. The first-order valence-electron chi connectivity index (χ1n) is 12.1. The molecule has 5 N–H and O–H groups in total. The van der Waals surface area contributed by atoms with E-state index >= 15 is 0 Å². The molecule has 0 amide bonds. The number of aromatic amines is 1. The summed E-state index contributed by atoms with van der Waals surface area (Å²) in [7, 11) is 1.58. The number of halogens is 1. The van der Waals surface area contributed by atoms with E-state index in [9.17, 15) is 14.3 Å². The third-order valence-corrected chi connectivity index (χ3v) is 6.38. The first-order valence-corrected chi connectivity index (χ1v) is 12.1. The number of anilines is 5. The van der Waals surface area contributed by atoms with E-state index < -0.39 is 17.0 Å². The number of para-hydroxylation sites is 1. The molecule has 11 nitrogen and oxygen atoms in total. The number of aromatic nitrogens is 4. The number of methoxy groups -OCH3 is 1. The van der Waals surface area contributed by atoms with Crippen LogP contribution in [0.1, 0.15) is 13.8 Å². The quantitative estimate of drug-likeness (QED) is 0.247. The maximum absolute atomic E-state index is 14.0. The van der Waals surface area contributed by atoms with E-state index in [0.717, 1.165) is 6.54 Å². The lowest BCUT2D eigenvalue weighted by molar-refractivity contribution is 0.0362. The highest BCUT2D eigenvalue weighted by Gasteiger charge is 2.32. The molecule has 1 aliphatic rings. The molecule has 5 rings (SSSR count). The SMILES string of the molecule is COc1cc(Nc2nccc(Nc3cc4cccc(F)c4[nH]c3=O)n2)cnc1N1CCNC(C(C)(C)O)C1. The lowest BCUT2D eigenvalue weighted by atomic mass is 9.97. The normalized spacial score (nSPS) is 15.9. The van der Waals surface area contributed by atoms with Gasteiger partial charge < -0.3 is 35.7 Å². The minimum Gasteiger partial charge on any atom is -0.493 e. The Bertz CT molecular complexity index is 1520. The molecule has 4 aromatic rings. The Morgan fingerprint density at radius 1 is 1.21 bits per heavy atom. The van der Waals surface area contributed by atoms with E-state index in [1.807, 2.05) is 0 Å². The van der Waals surface area contributed by atoms with Gasteiger partial charge in [-0.2, -0.15) is 4.98 Å². The number of nitrogens with one attached hydrogen (secondary N) is 4. The van der Waals surface area contributed by atoms with Crippen LogP contribution in [0.15, 0.2) is 53.6 Å². The number of aliphatic hydroxyl groups is 1. The minimum absolute atomic E-state index is 0.113. The van der Waals surface area contributed by atoms with E-state index in [4.69, 9.17) is 4.74 Å². The van der Waals surface area contributed by atoms with E-state index in [1.54, 1.807) is 63.7 Å². The van der Waals surface area contributed by atoms with Crippen LogP contribution in [-0.4, -0.2) is 63.4 Å². The van der Waals surface area contributed by atoms with Crippen molar-refractivity contribution < 1.29 is 14.2 Å². The van der Waals surface area contributed by atoms with Gasteiger partial charge in [-0.3, -0.25) is 4.79 Å². The summed E-state index contributed by atoms with van der Waals surface area (Å²) < 4.78 is 19.6. The summed E-state index contributed by atoms with van der Waals surface area (Å²) in [6.45, 7) is 5.58. The number of rotatable bonds is 7. The van der Waals surface area contributed by atoms with Crippen LogP contribution in [0.2, 0.25) is 0 Å². The molecule has 0 saturated carbocycles. The first-order chi connectivity index (χ1) is 18.2. The maximum Gasteiger partial charge on any atom is 0.272 e. The number of hydrogen-bond donors (Lipinski definition) is 5. The number of pyridine rings is 2. The summed E-state index contributed by atoms with van der Waals surface area (Å²) in [5, 5.41) is 20.4. The van der Waals surface area contributed by atoms with Crippen LogP contribution in [-0.2, 0) is 0 Å². The number of nitrogens with zero attached hydrogens (tertiary/aromatic N) is 4. The average Bonchev–Trinajstić information content (AvgIpc) is 2.89. The largest absolute Gasteiger partial charge is 0.493 e. The summed E-state index contributed by atoms with van der Waals surface area (Å²) in [6.07, 6.45) is 3.20. The van der Waals surface area contributed by atoms with Gasteiger partial charge in [0.1, 0.15) is 17.3 Å². The zero-order chi connectivity index (χ0) is 26.9.